The first-order valence-electron chi connectivity index (χ1n) is 5.87. The fourth-order valence-corrected chi connectivity index (χ4v) is 2.18. The molecule has 6 heteroatoms. The molecule has 0 bridgehead atoms. The summed E-state index contributed by atoms with van der Waals surface area (Å²) in [6.07, 6.45) is 0. The van der Waals surface area contributed by atoms with Crippen LogP contribution in [-0.4, -0.2) is 14.7 Å². The van der Waals surface area contributed by atoms with E-state index in [4.69, 9.17) is 0 Å². The highest BCUT2D eigenvalue weighted by atomic mass is 19.1. The summed E-state index contributed by atoms with van der Waals surface area (Å²) in [5.41, 5.74) is 1.77. The van der Waals surface area contributed by atoms with Gasteiger partial charge in [-0.25, -0.2) is 4.39 Å². The molecule has 0 aliphatic rings. The third-order valence-corrected chi connectivity index (χ3v) is 3.19. The molecule has 100 valence electrons. The lowest BCUT2D eigenvalue weighted by atomic mass is 10.1. The number of hydrogen-bond donors (Lipinski definition) is 0. The summed E-state index contributed by atoms with van der Waals surface area (Å²) < 4.78 is 14.5. The second-order valence-electron chi connectivity index (χ2n) is 4.45. The second-order valence-corrected chi connectivity index (χ2v) is 4.45. The minimum Gasteiger partial charge on any atom is -0.258 e. The van der Waals surface area contributed by atoms with Crippen molar-refractivity contribution in [2.45, 2.75) is 26.8 Å². The molecule has 0 fully saturated rings. The molecule has 1 atom stereocenters. The molecule has 1 aromatic heterocycles. The molecule has 2 rings (SSSR count). The number of aromatic nitrogens is 2. The van der Waals surface area contributed by atoms with E-state index in [0.29, 0.717) is 11.4 Å². The van der Waals surface area contributed by atoms with Gasteiger partial charge in [-0.15, -0.1) is 0 Å². The van der Waals surface area contributed by atoms with Crippen molar-refractivity contribution >= 4 is 5.69 Å². The molecule has 0 saturated carbocycles. The lowest BCUT2D eigenvalue weighted by Crippen LogP contribution is -2.10. The van der Waals surface area contributed by atoms with Gasteiger partial charge in [0, 0.05) is 0 Å². The van der Waals surface area contributed by atoms with Crippen LogP contribution in [0.5, 0.6) is 0 Å². The summed E-state index contributed by atoms with van der Waals surface area (Å²) in [5, 5.41) is 15.2. The molecule has 5 nitrogen and oxygen atoms in total. The molecule has 0 spiro atoms. The number of nitrogens with zero attached hydrogens (tertiary/aromatic N) is 3. The van der Waals surface area contributed by atoms with Gasteiger partial charge in [0.2, 0.25) is 0 Å². The SMILES string of the molecule is Cc1nn(C(C)c2ccc(F)cc2)c(C)c1[N+](=O)[O-]. The van der Waals surface area contributed by atoms with Gasteiger partial charge in [-0.1, -0.05) is 12.1 Å². The monoisotopic (exact) mass is 263 g/mol. The molecule has 19 heavy (non-hydrogen) atoms. The normalized spacial score (nSPS) is 12.4. The summed E-state index contributed by atoms with van der Waals surface area (Å²) in [6, 6.07) is 5.86. The average Bonchev–Trinajstić information content (AvgIpc) is 2.65. The molecule has 2 aromatic rings. The Balaban J connectivity index is 2.45. The Morgan fingerprint density at radius 2 is 1.89 bits per heavy atom. The van der Waals surface area contributed by atoms with Crippen LogP contribution in [0.1, 0.15) is 29.9 Å². The van der Waals surface area contributed by atoms with Gasteiger partial charge in [0.25, 0.3) is 0 Å². The molecule has 1 heterocycles. The largest absolute Gasteiger partial charge is 0.312 e. The van der Waals surface area contributed by atoms with Crippen LogP contribution in [0.15, 0.2) is 24.3 Å². The number of benzene rings is 1. The predicted octanol–water partition coefficient (Wildman–Crippen LogP) is 3.16. The molecule has 1 unspecified atom stereocenters. The van der Waals surface area contributed by atoms with Crippen LogP contribution in [0.25, 0.3) is 0 Å². The molecular weight excluding hydrogens is 249 g/mol. The average molecular weight is 263 g/mol. The fraction of sp³-hybridized carbons (Fsp3) is 0.308. The maximum atomic E-state index is 12.9. The van der Waals surface area contributed by atoms with E-state index in [1.165, 1.54) is 12.1 Å². The first-order valence-corrected chi connectivity index (χ1v) is 5.87. The highest BCUT2D eigenvalue weighted by Gasteiger charge is 2.24. The molecule has 0 saturated heterocycles. The van der Waals surface area contributed by atoms with Gasteiger partial charge in [0.1, 0.15) is 17.2 Å². The summed E-state index contributed by atoms with van der Waals surface area (Å²) >= 11 is 0. The maximum Gasteiger partial charge on any atom is 0.312 e. The lowest BCUT2D eigenvalue weighted by Gasteiger charge is -2.14. The zero-order chi connectivity index (χ0) is 14.2. The molecule has 0 aliphatic carbocycles. The van der Waals surface area contributed by atoms with Gasteiger partial charge in [-0.05, 0) is 38.5 Å². The summed E-state index contributed by atoms with van der Waals surface area (Å²) in [4.78, 5) is 10.5. The smallest absolute Gasteiger partial charge is 0.258 e. The minimum absolute atomic E-state index is 0.0361. The minimum atomic E-state index is -0.425. The standard InChI is InChI=1S/C13H14FN3O2/c1-8-13(17(18)19)10(3)16(15-8)9(2)11-4-6-12(14)7-5-11/h4-7,9H,1-3H3. The topological polar surface area (TPSA) is 61.0 Å². The number of nitro groups is 1. The van der Waals surface area contributed by atoms with Crippen LogP contribution in [0, 0.1) is 29.8 Å². The van der Waals surface area contributed by atoms with Crippen molar-refractivity contribution in [3.63, 3.8) is 0 Å². The Bertz CT molecular complexity index is 620. The molecular formula is C13H14FN3O2. The van der Waals surface area contributed by atoms with Crippen LogP contribution >= 0.6 is 0 Å². The van der Waals surface area contributed by atoms with E-state index in [1.54, 1.807) is 30.7 Å². The van der Waals surface area contributed by atoms with Crippen LogP contribution in [0.4, 0.5) is 10.1 Å². The lowest BCUT2D eigenvalue weighted by molar-refractivity contribution is -0.386. The quantitative estimate of drug-likeness (QED) is 0.631. The van der Waals surface area contributed by atoms with Gasteiger partial charge in [-0.3, -0.25) is 14.8 Å². The first kappa shape index (κ1) is 13.2. The number of aryl methyl sites for hydroxylation is 1. The van der Waals surface area contributed by atoms with Gasteiger partial charge < -0.3 is 0 Å². The predicted molar refractivity (Wildman–Crippen MR) is 68.6 cm³/mol. The maximum absolute atomic E-state index is 12.9. The fourth-order valence-electron chi connectivity index (χ4n) is 2.18. The van der Waals surface area contributed by atoms with Crippen molar-refractivity contribution in [1.29, 1.82) is 0 Å². The third-order valence-electron chi connectivity index (χ3n) is 3.19. The van der Waals surface area contributed by atoms with Gasteiger partial charge >= 0.3 is 5.69 Å². The van der Waals surface area contributed by atoms with Crippen molar-refractivity contribution in [3.8, 4) is 0 Å². The molecule has 0 N–H and O–H groups in total. The number of halogens is 1. The van der Waals surface area contributed by atoms with Crippen LogP contribution < -0.4 is 0 Å². The number of rotatable bonds is 3. The van der Waals surface area contributed by atoms with Crippen LogP contribution in [0.3, 0.4) is 0 Å². The Kier molecular flexibility index (Phi) is 3.33. The van der Waals surface area contributed by atoms with E-state index in [0.717, 1.165) is 5.56 Å². The highest BCUT2D eigenvalue weighted by Crippen LogP contribution is 2.27. The summed E-state index contributed by atoms with van der Waals surface area (Å²) in [7, 11) is 0. The first-order chi connectivity index (χ1) is 8.91. The van der Waals surface area contributed by atoms with Crippen LogP contribution in [-0.2, 0) is 0 Å². The van der Waals surface area contributed by atoms with E-state index in [9.17, 15) is 14.5 Å². The van der Waals surface area contributed by atoms with E-state index < -0.39 is 4.92 Å². The zero-order valence-electron chi connectivity index (χ0n) is 10.9. The zero-order valence-corrected chi connectivity index (χ0v) is 10.9. The third kappa shape index (κ3) is 2.33. The summed E-state index contributed by atoms with van der Waals surface area (Å²) in [5.74, 6) is -0.310. The molecule has 0 amide bonds. The van der Waals surface area contributed by atoms with Crippen molar-refractivity contribution < 1.29 is 9.31 Å². The van der Waals surface area contributed by atoms with E-state index in [2.05, 4.69) is 5.10 Å². The van der Waals surface area contributed by atoms with Crippen molar-refractivity contribution in [1.82, 2.24) is 9.78 Å². The Hall–Kier alpha value is -2.24. The Morgan fingerprint density at radius 1 is 1.32 bits per heavy atom. The van der Waals surface area contributed by atoms with E-state index in [-0.39, 0.29) is 17.5 Å². The highest BCUT2D eigenvalue weighted by molar-refractivity contribution is 5.40. The van der Waals surface area contributed by atoms with Crippen molar-refractivity contribution in [2.24, 2.45) is 0 Å². The molecule has 0 aliphatic heterocycles. The second kappa shape index (κ2) is 4.79. The Morgan fingerprint density at radius 3 is 2.37 bits per heavy atom. The molecule has 1 aromatic carbocycles. The number of hydrogen-bond acceptors (Lipinski definition) is 3. The van der Waals surface area contributed by atoms with Gasteiger partial charge in [0.15, 0.2) is 0 Å². The van der Waals surface area contributed by atoms with Crippen molar-refractivity contribution in [3.05, 3.63) is 57.1 Å². The van der Waals surface area contributed by atoms with Gasteiger partial charge in [0.05, 0.1) is 11.0 Å². The Labute approximate surface area is 109 Å². The van der Waals surface area contributed by atoms with Crippen molar-refractivity contribution in [2.75, 3.05) is 0 Å². The van der Waals surface area contributed by atoms with Crippen LogP contribution in [0.2, 0.25) is 0 Å². The van der Waals surface area contributed by atoms with E-state index in [1.807, 2.05) is 6.92 Å². The molecule has 0 radical (unpaired) electrons. The van der Waals surface area contributed by atoms with E-state index >= 15 is 0 Å². The summed E-state index contributed by atoms with van der Waals surface area (Å²) in [6.45, 7) is 5.15. The van der Waals surface area contributed by atoms with Gasteiger partial charge in [-0.2, -0.15) is 5.10 Å².